The molecule has 0 aliphatic heterocycles. The van der Waals surface area contributed by atoms with E-state index in [1.165, 1.54) is 0 Å². The van der Waals surface area contributed by atoms with E-state index in [4.69, 9.17) is 4.74 Å². The van der Waals surface area contributed by atoms with Crippen LogP contribution in [0.5, 0.6) is 11.5 Å². The molecule has 1 amide bonds. The number of phenolic OH excluding ortho intramolecular Hbond substituents is 1. The number of nitrogens with zero attached hydrogens (tertiary/aromatic N) is 1. The number of amides is 1. The minimum absolute atomic E-state index is 0.125. The summed E-state index contributed by atoms with van der Waals surface area (Å²) in [4.78, 5) is 12.1. The van der Waals surface area contributed by atoms with Crippen LogP contribution in [0.2, 0.25) is 0 Å². The van der Waals surface area contributed by atoms with Gasteiger partial charge in [0.1, 0.15) is 11.5 Å². The van der Waals surface area contributed by atoms with Crippen LogP contribution in [0.1, 0.15) is 36.2 Å². The van der Waals surface area contributed by atoms with Gasteiger partial charge in [0, 0.05) is 11.1 Å². The Morgan fingerprint density at radius 2 is 1.87 bits per heavy atom. The van der Waals surface area contributed by atoms with Crippen molar-refractivity contribution in [1.29, 1.82) is 0 Å². The minimum atomic E-state index is -0.318. The van der Waals surface area contributed by atoms with Crippen LogP contribution in [-0.2, 0) is 0 Å². The molecule has 5 heteroatoms. The third kappa shape index (κ3) is 4.57. The van der Waals surface area contributed by atoms with Crippen LogP contribution in [0.4, 0.5) is 0 Å². The van der Waals surface area contributed by atoms with Crippen LogP contribution in [0.15, 0.2) is 53.6 Å². The van der Waals surface area contributed by atoms with Gasteiger partial charge in [0.05, 0.1) is 12.3 Å². The van der Waals surface area contributed by atoms with E-state index in [0.717, 1.165) is 12.2 Å². The highest BCUT2D eigenvalue weighted by Gasteiger charge is 2.07. The largest absolute Gasteiger partial charge is 0.507 e. The van der Waals surface area contributed by atoms with Crippen molar-refractivity contribution in [1.82, 2.24) is 5.43 Å². The average Bonchev–Trinajstić information content (AvgIpc) is 2.58. The lowest BCUT2D eigenvalue weighted by molar-refractivity contribution is 0.0955. The minimum Gasteiger partial charge on any atom is -0.507 e. The first-order chi connectivity index (χ1) is 11.1. The van der Waals surface area contributed by atoms with Crippen LogP contribution >= 0.6 is 0 Å². The van der Waals surface area contributed by atoms with Gasteiger partial charge in [0.2, 0.25) is 0 Å². The molecule has 0 unspecified atom stereocenters. The van der Waals surface area contributed by atoms with Gasteiger partial charge in [-0.25, -0.2) is 5.43 Å². The molecule has 0 aliphatic rings. The first-order valence-electron chi connectivity index (χ1n) is 7.47. The van der Waals surface area contributed by atoms with E-state index in [-0.39, 0.29) is 11.7 Å². The standard InChI is InChI=1S/C18H20N2O3/c1-3-12-23-15-10-8-14(9-11-15)18(22)20-19-13(2)16-6-4-5-7-17(16)21/h4-11,21H,3,12H2,1-2H3,(H,20,22)/b19-13-. The zero-order chi connectivity index (χ0) is 16.7. The number of rotatable bonds is 6. The van der Waals surface area contributed by atoms with E-state index in [9.17, 15) is 9.90 Å². The number of hydrogen-bond donors (Lipinski definition) is 2. The molecular weight excluding hydrogens is 292 g/mol. The van der Waals surface area contributed by atoms with Gasteiger partial charge in [-0.2, -0.15) is 5.10 Å². The molecule has 0 aliphatic carbocycles. The zero-order valence-corrected chi connectivity index (χ0v) is 13.2. The second-order valence-corrected chi connectivity index (χ2v) is 5.03. The number of ether oxygens (including phenoxy) is 1. The maximum atomic E-state index is 12.1. The molecule has 0 radical (unpaired) electrons. The van der Waals surface area contributed by atoms with Gasteiger partial charge in [-0.15, -0.1) is 0 Å². The maximum Gasteiger partial charge on any atom is 0.271 e. The molecule has 2 aromatic carbocycles. The van der Waals surface area contributed by atoms with Crippen LogP contribution in [0, 0.1) is 0 Å². The average molecular weight is 312 g/mol. The van der Waals surface area contributed by atoms with Gasteiger partial charge < -0.3 is 9.84 Å². The lowest BCUT2D eigenvalue weighted by Gasteiger charge is -2.06. The molecule has 0 heterocycles. The van der Waals surface area contributed by atoms with Crippen LogP contribution in [0.25, 0.3) is 0 Å². The lowest BCUT2D eigenvalue weighted by Crippen LogP contribution is -2.19. The molecule has 0 fully saturated rings. The first kappa shape index (κ1) is 16.5. The molecule has 2 rings (SSSR count). The molecular formula is C18H20N2O3. The fourth-order valence-electron chi connectivity index (χ4n) is 1.96. The number of nitrogens with one attached hydrogen (secondary N) is 1. The molecule has 23 heavy (non-hydrogen) atoms. The van der Waals surface area contributed by atoms with E-state index in [1.807, 2.05) is 6.92 Å². The summed E-state index contributed by atoms with van der Waals surface area (Å²) in [6, 6.07) is 13.7. The molecule has 0 atom stereocenters. The van der Waals surface area contributed by atoms with Gasteiger partial charge in [-0.1, -0.05) is 19.1 Å². The van der Waals surface area contributed by atoms with Gasteiger partial charge in [0.15, 0.2) is 0 Å². The SMILES string of the molecule is CCCOc1ccc(C(=O)N/N=C(/C)c2ccccc2O)cc1. The Bertz CT molecular complexity index is 694. The van der Waals surface area contributed by atoms with Crippen molar-refractivity contribution in [3.63, 3.8) is 0 Å². The summed E-state index contributed by atoms with van der Waals surface area (Å²) in [5, 5.41) is 13.8. The number of carbonyl (C=O) groups is 1. The Kier molecular flexibility index (Phi) is 5.74. The van der Waals surface area contributed by atoms with E-state index in [1.54, 1.807) is 55.5 Å². The van der Waals surface area contributed by atoms with E-state index < -0.39 is 0 Å². The van der Waals surface area contributed by atoms with E-state index in [0.29, 0.717) is 23.4 Å². The van der Waals surface area contributed by atoms with Gasteiger partial charge >= 0.3 is 0 Å². The van der Waals surface area contributed by atoms with E-state index >= 15 is 0 Å². The van der Waals surface area contributed by atoms with Crippen molar-refractivity contribution in [2.24, 2.45) is 5.10 Å². The van der Waals surface area contributed by atoms with Crippen molar-refractivity contribution in [2.45, 2.75) is 20.3 Å². The molecule has 0 aromatic heterocycles. The molecule has 2 aromatic rings. The molecule has 0 bridgehead atoms. The van der Waals surface area contributed by atoms with Gasteiger partial charge in [-0.05, 0) is 49.7 Å². The summed E-state index contributed by atoms with van der Waals surface area (Å²) in [5.41, 5.74) is 4.08. The number of phenols is 1. The summed E-state index contributed by atoms with van der Waals surface area (Å²) in [6.07, 6.45) is 0.933. The Labute approximate surface area is 135 Å². The van der Waals surface area contributed by atoms with Crippen molar-refractivity contribution in [3.8, 4) is 11.5 Å². The number of aromatic hydroxyl groups is 1. The summed E-state index contributed by atoms with van der Waals surface area (Å²) < 4.78 is 5.47. The van der Waals surface area contributed by atoms with E-state index in [2.05, 4.69) is 10.5 Å². The van der Waals surface area contributed by atoms with Gasteiger partial charge in [0.25, 0.3) is 5.91 Å². The fourth-order valence-corrected chi connectivity index (χ4v) is 1.96. The number of benzene rings is 2. The number of hydrazone groups is 1. The highest BCUT2D eigenvalue weighted by Crippen LogP contribution is 2.16. The highest BCUT2D eigenvalue weighted by molar-refractivity contribution is 6.02. The maximum absolute atomic E-state index is 12.1. The molecule has 0 saturated heterocycles. The predicted molar refractivity (Wildman–Crippen MR) is 90.0 cm³/mol. The monoisotopic (exact) mass is 312 g/mol. The Balaban J connectivity index is 2.01. The Morgan fingerprint density at radius 3 is 2.52 bits per heavy atom. The normalized spacial score (nSPS) is 11.1. The smallest absolute Gasteiger partial charge is 0.271 e. The highest BCUT2D eigenvalue weighted by atomic mass is 16.5. The number of hydrogen-bond acceptors (Lipinski definition) is 4. The van der Waals surface area contributed by atoms with Crippen LogP contribution in [0.3, 0.4) is 0 Å². The van der Waals surface area contributed by atoms with Crippen LogP contribution in [-0.4, -0.2) is 23.3 Å². The second kappa shape index (κ2) is 7.98. The first-order valence-corrected chi connectivity index (χ1v) is 7.47. The van der Waals surface area contributed by atoms with Crippen molar-refractivity contribution < 1.29 is 14.6 Å². The predicted octanol–water partition coefficient (Wildman–Crippen LogP) is 3.34. The molecule has 0 spiro atoms. The Morgan fingerprint density at radius 1 is 1.17 bits per heavy atom. The molecule has 120 valence electrons. The lowest BCUT2D eigenvalue weighted by atomic mass is 10.1. The fraction of sp³-hybridized carbons (Fsp3) is 0.222. The van der Waals surface area contributed by atoms with Crippen molar-refractivity contribution >= 4 is 11.6 Å². The zero-order valence-electron chi connectivity index (χ0n) is 13.2. The summed E-state index contributed by atoms with van der Waals surface area (Å²) in [7, 11) is 0. The Hall–Kier alpha value is -2.82. The number of carbonyl (C=O) groups excluding carboxylic acids is 1. The second-order valence-electron chi connectivity index (χ2n) is 5.03. The molecule has 2 N–H and O–H groups in total. The molecule has 0 saturated carbocycles. The van der Waals surface area contributed by atoms with Crippen LogP contribution < -0.4 is 10.2 Å². The summed E-state index contributed by atoms with van der Waals surface area (Å²) in [5.74, 6) is 0.541. The van der Waals surface area contributed by atoms with Crippen molar-refractivity contribution in [3.05, 3.63) is 59.7 Å². The van der Waals surface area contributed by atoms with Gasteiger partial charge in [-0.3, -0.25) is 4.79 Å². The summed E-state index contributed by atoms with van der Waals surface area (Å²) >= 11 is 0. The molecule has 5 nitrogen and oxygen atoms in total. The number of para-hydroxylation sites is 1. The quantitative estimate of drug-likeness (QED) is 0.635. The van der Waals surface area contributed by atoms with Crippen molar-refractivity contribution in [2.75, 3.05) is 6.61 Å². The topological polar surface area (TPSA) is 70.9 Å². The third-order valence-electron chi connectivity index (χ3n) is 3.21. The summed E-state index contributed by atoms with van der Waals surface area (Å²) in [6.45, 7) is 4.40. The third-order valence-corrected chi connectivity index (χ3v) is 3.21.